The summed E-state index contributed by atoms with van der Waals surface area (Å²) in [5, 5.41) is 21.0. The lowest BCUT2D eigenvalue weighted by Crippen LogP contribution is -2.20. The van der Waals surface area contributed by atoms with E-state index in [-0.39, 0.29) is 11.3 Å². The van der Waals surface area contributed by atoms with Crippen LogP contribution in [0.25, 0.3) is 0 Å². The van der Waals surface area contributed by atoms with E-state index in [0.717, 1.165) is 0 Å². The van der Waals surface area contributed by atoms with Gasteiger partial charge in [-0.05, 0) is 12.1 Å². The van der Waals surface area contributed by atoms with E-state index < -0.39 is 16.0 Å². The molecule has 7 nitrogen and oxygen atoms in total. The molecule has 0 fully saturated rings. The molecular weight excluding hydrogens is 204 g/mol. The fourth-order valence-corrected chi connectivity index (χ4v) is 1.18. The van der Waals surface area contributed by atoms with Crippen molar-refractivity contribution < 1.29 is 14.6 Å². The largest absolute Gasteiger partial charge is 0.496 e. The zero-order chi connectivity index (χ0) is 11.4. The van der Waals surface area contributed by atoms with Crippen molar-refractivity contribution in [1.29, 1.82) is 0 Å². The van der Waals surface area contributed by atoms with Crippen LogP contribution in [0.1, 0.15) is 11.7 Å². The predicted molar refractivity (Wildman–Crippen MR) is 49.7 cm³/mol. The Labute approximate surface area is 84.6 Å². The SMILES string of the molecule is COc1ccccc1C([N+](=O)[O-])[N+](=O)[O-]. The Bertz CT molecular complexity index is 378. The number of rotatable bonds is 4. The van der Waals surface area contributed by atoms with Crippen LogP contribution in [-0.2, 0) is 0 Å². The van der Waals surface area contributed by atoms with E-state index in [1.54, 1.807) is 6.07 Å². The van der Waals surface area contributed by atoms with Gasteiger partial charge < -0.3 is 4.74 Å². The quantitative estimate of drug-likeness (QED) is 0.425. The summed E-state index contributed by atoms with van der Waals surface area (Å²) in [6, 6.07) is 5.81. The Kier molecular flexibility index (Phi) is 3.17. The zero-order valence-electron chi connectivity index (χ0n) is 7.82. The molecule has 80 valence electrons. The summed E-state index contributed by atoms with van der Waals surface area (Å²) < 4.78 is 4.82. The van der Waals surface area contributed by atoms with Gasteiger partial charge in [0.15, 0.2) is 0 Å². The minimum atomic E-state index is -1.99. The van der Waals surface area contributed by atoms with E-state index in [1.165, 1.54) is 25.3 Å². The maximum Gasteiger partial charge on any atom is 0.480 e. The molecule has 0 radical (unpaired) electrons. The molecule has 1 aromatic carbocycles. The molecule has 0 aliphatic heterocycles. The number of ether oxygens (including phenoxy) is 1. The normalized spacial score (nSPS) is 10.0. The van der Waals surface area contributed by atoms with Crippen LogP contribution in [0.15, 0.2) is 24.3 Å². The van der Waals surface area contributed by atoms with Crippen molar-refractivity contribution in [2.45, 2.75) is 6.17 Å². The second-order valence-electron chi connectivity index (χ2n) is 2.69. The summed E-state index contributed by atoms with van der Waals surface area (Å²) in [5.41, 5.74) is -0.0602. The Hall–Kier alpha value is -2.18. The van der Waals surface area contributed by atoms with E-state index in [2.05, 4.69) is 0 Å². The van der Waals surface area contributed by atoms with Gasteiger partial charge in [-0.3, -0.25) is 20.2 Å². The van der Waals surface area contributed by atoms with Crippen LogP contribution in [0.3, 0.4) is 0 Å². The highest BCUT2D eigenvalue weighted by Gasteiger charge is 2.37. The second kappa shape index (κ2) is 4.36. The number of nitrogens with zero attached hydrogens (tertiary/aromatic N) is 2. The summed E-state index contributed by atoms with van der Waals surface area (Å²) in [5.74, 6) is 0.135. The van der Waals surface area contributed by atoms with Gasteiger partial charge in [0, 0.05) is 0 Å². The van der Waals surface area contributed by atoms with Gasteiger partial charge >= 0.3 is 6.17 Å². The molecule has 0 aliphatic rings. The van der Waals surface area contributed by atoms with Crippen molar-refractivity contribution in [2.24, 2.45) is 0 Å². The molecule has 0 atom stereocenters. The van der Waals surface area contributed by atoms with Crippen molar-refractivity contribution in [3.05, 3.63) is 50.1 Å². The van der Waals surface area contributed by atoms with Crippen molar-refractivity contribution in [1.82, 2.24) is 0 Å². The first-order valence-corrected chi connectivity index (χ1v) is 3.98. The van der Waals surface area contributed by atoms with E-state index >= 15 is 0 Å². The summed E-state index contributed by atoms with van der Waals surface area (Å²) >= 11 is 0. The standard InChI is InChI=1S/C8H8N2O5/c1-15-7-5-3-2-4-6(7)8(9(11)12)10(13)14/h2-5,8H,1H3. The van der Waals surface area contributed by atoms with Gasteiger partial charge in [0.2, 0.25) is 0 Å². The molecule has 7 heteroatoms. The number of hydrogen-bond donors (Lipinski definition) is 0. The Morgan fingerprint density at radius 3 is 2.20 bits per heavy atom. The highest BCUT2D eigenvalue weighted by Crippen LogP contribution is 2.26. The van der Waals surface area contributed by atoms with Gasteiger partial charge in [0.05, 0.1) is 7.11 Å². The lowest BCUT2D eigenvalue weighted by Gasteiger charge is -2.06. The monoisotopic (exact) mass is 212 g/mol. The minimum absolute atomic E-state index is 0.0602. The molecule has 0 bridgehead atoms. The molecule has 0 amide bonds. The lowest BCUT2D eigenvalue weighted by molar-refractivity contribution is -0.752. The molecule has 15 heavy (non-hydrogen) atoms. The number of para-hydroxylation sites is 1. The molecule has 0 heterocycles. The smallest absolute Gasteiger partial charge is 0.480 e. The van der Waals surface area contributed by atoms with Crippen LogP contribution in [-0.4, -0.2) is 17.0 Å². The zero-order valence-corrected chi connectivity index (χ0v) is 7.82. The molecule has 1 rings (SSSR count). The maximum absolute atomic E-state index is 10.5. The number of methoxy groups -OCH3 is 1. The van der Waals surface area contributed by atoms with Gasteiger partial charge in [-0.2, -0.15) is 0 Å². The van der Waals surface area contributed by atoms with Gasteiger partial charge in [0.25, 0.3) is 0 Å². The first-order chi connectivity index (χ1) is 7.07. The molecule has 1 aromatic rings. The topological polar surface area (TPSA) is 95.5 Å². The van der Waals surface area contributed by atoms with Crippen molar-refractivity contribution in [3.63, 3.8) is 0 Å². The third-order valence-electron chi connectivity index (χ3n) is 1.82. The first-order valence-electron chi connectivity index (χ1n) is 3.98. The van der Waals surface area contributed by atoms with E-state index in [9.17, 15) is 20.2 Å². The molecule has 0 N–H and O–H groups in total. The highest BCUT2D eigenvalue weighted by molar-refractivity contribution is 5.33. The fourth-order valence-electron chi connectivity index (χ4n) is 1.18. The molecule has 0 saturated carbocycles. The number of hydrogen-bond acceptors (Lipinski definition) is 5. The van der Waals surface area contributed by atoms with Gasteiger partial charge in [-0.25, -0.2) is 0 Å². The minimum Gasteiger partial charge on any atom is -0.496 e. The maximum atomic E-state index is 10.5. The van der Waals surface area contributed by atoms with Gasteiger partial charge in [-0.1, -0.05) is 12.1 Å². The van der Waals surface area contributed by atoms with Crippen molar-refractivity contribution in [3.8, 4) is 5.75 Å². The lowest BCUT2D eigenvalue weighted by atomic mass is 10.1. The van der Waals surface area contributed by atoms with Crippen LogP contribution in [0.2, 0.25) is 0 Å². The second-order valence-corrected chi connectivity index (χ2v) is 2.69. The molecule has 0 unspecified atom stereocenters. The van der Waals surface area contributed by atoms with Crippen LogP contribution in [0.5, 0.6) is 5.75 Å². The molecule has 0 aromatic heterocycles. The molecule has 0 spiro atoms. The molecular formula is C8H8N2O5. The summed E-state index contributed by atoms with van der Waals surface area (Å²) in [7, 11) is 1.30. The van der Waals surface area contributed by atoms with Crippen LogP contribution in [0, 0.1) is 20.2 Å². The van der Waals surface area contributed by atoms with Crippen molar-refractivity contribution in [2.75, 3.05) is 7.11 Å². The average molecular weight is 212 g/mol. The fraction of sp³-hybridized carbons (Fsp3) is 0.250. The third kappa shape index (κ3) is 2.19. The third-order valence-corrected chi connectivity index (χ3v) is 1.82. The Morgan fingerprint density at radius 2 is 1.73 bits per heavy atom. The molecule has 0 saturated heterocycles. The van der Waals surface area contributed by atoms with E-state index in [4.69, 9.17) is 4.74 Å². The number of nitro groups is 2. The summed E-state index contributed by atoms with van der Waals surface area (Å²) in [6.45, 7) is 0. The van der Waals surface area contributed by atoms with E-state index in [1.807, 2.05) is 0 Å². The highest BCUT2D eigenvalue weighted by atomic mass is 16.7. The predicted octanol–water partition coefficient (Wildman–Crippen LogP) is 1.25. The van der Waals surface area contributed by atoms with Gasteiger partial charge in [0.1, 0.15) is 21.2 Å². The summed E-state index contributed by atoms with van der Waals surface area (Å²) in [6.07, 6.45) is -1.99. The molecule has 0 aliphatic carbocycles. The Balaban J connectivity index is 3.22. The van der Waals surface area contributed by atoms with Crippen LogP contribution < -0.4 is 4.74 Å². The average Bonchev–Trinajstić information content (AvgIpc) is 2.17. The van der Waals surface area contributed by atoms with E-state index in [0.29, 0.717) is 0 Å². The van der Waals surface area contributed by atoms with Crippen molar-refractivity contribution >= 4 is 0 Å². The first kappa shape index (κ1) is 10.9. The van der Waals surface area contributed by atoms with Gasteiger partial charge in [-0.15, -0.1) is 0 Å². The summed E-state index contributed by atoms with van der Waals surface area (Å²) in [4.78, 5) is 19.1. The van der Waals surface area contributed by atoms with Crippen LogP contribution >= 0.6 is 0 Å². The Morgan fingerprint density at radius 1 is 1.20 bits per heavy atom. The number of benzene rings is 1. The van der Waals surface area contributed by atoms with Crippen LogP contribution in [0.4, 0.5) is 0 Å².